The molecule has 17 heavy (non-hydrogen) atoms. The quantitative estimate of drug-likeness (QED) is 0.530. The molecule has 1 aliphatic carbocycles. The van der Waals surface area contributed by atoms with E-state index in [-0.39, 0.29) is 0 Å². The summed E-state index contributed by atoms with van der Waals surface area (Å²) in [7, 11) is 0. The van der Waals surface area contributed by atoms with Crippen LogP contribution >= 0.6 is 11.8 Å². The van der Waals surface area contributed by atoms with Crippen LogP contribution in [0.15, 0.2) is 0 Å². The summed E-state index contributed by atoms with van der Waals surface area (Å²) in [5.41, 5.74) is 4.06. The van der Waals surface area contributed by atoms with Crippen molar-refractivity contribution in [1.29, 1.82) is 0 Å². The lowest BCUT2D eigenvalue weighted by atomic mass is 9.96. The predicted octanol–water partition coefficient (Wildman–Crippen LogP) is -0.780. The van der Waals surface area contributed by atoms with Gasteiger partial charge in [0, 0.05) is 0 Å². The number of carbonyl (C=O) groups is 1. The van der Waals surface area contributed by atoms with Gasteiger partial charge in [0.1, 0.15) is 23.7 Å². The first-order chi connectivity index (χ1) is 7.99. The molecule has 1 heterocycles. The van der Waals surface area contributed by atoms with Gasteiger partial charge in [-0.1, -0.05) is 0 Å². The van der Waals surface area contributed by atoms with Crippen molar-refractivity contribution in [2.75, 3.05) is 0 Å². The zero-order chi connectivity index (χ0) is 12.6. The summed E-state index contributed by atoms with van der Waals surface area (Å²) in [6.45, 7) is 0. The summed E-state index contributed by atoms with van der Waals surface area (Å²) in [5.74, 6) is 0.385. The SMILES string of the molecule is NC(=O)SC1OC([CH]C2CC2)C(O)C(O)C1O. The molecule has 5 atom stereocenters. The molecule has 1 saturated carbocycles. The van der Waals surface area contributed by atoms with Crippen molar-refractivity contribution < 1.29 is 24.9 Å². The average Bonchev–Trinajstić information content (AvgIpc) is 3.05. The molecule has 7 heteroatoms. The van der Waals surface area contributed by atoms with Gasteiger partial charge >= 0.3 is 0 Å². The molecule has 5 unspecified atom stereocenters. The van der Waals surface area contributed by atoms with Crippen LogP contribution in [-0.4, -0.2) is 50.4 Å². The van der Waals surface area contributed by atoms with Gasteiger partial charge in [-0.2, -0.15) is 0 Å². The average molecular weight is 262 g/mol. The van der Waals surface area contributed by atoms with Gasteiger partial charge in [-0.05, 0) is 36.9 Å². The number of aliphatic hydroxyl groups is 3. The second-order valence-electron chi connectivity index (χ2n) is 4.41. The van der Waals surface area contributed by atoms with Crippen LogP contribution in [0.4, 0.5) is 4.79 Å². The fourth-order valence-electron chi connectivity index (χ4n) is 1.80. The minimum Gasteiger partial charge on any atom is -0.388 e. The second kappa shape index (κ2) is 5.11. The van der Waals surface area contributed by atoms with Crippen molar-refractivity contribution in [3.05, 3.63) is 6.42 Å². The normalized spacial score (nSPS) is 42.4. The van der Waals surface area contributed by atoms with Gasteiger partial charge in [-0.15, -0.1) is 0 Å². The number of aliphatic hydroxyl groups excluding tert-OH is 3. The van der Waals surface area contributed by atoms with E-state index in [9.17, 15) is 20.1 Å². The minimum atomic E-state index is -1.33. The maximum atomic E-state index is 10.8. The molecule has 1 aliphatic heterocycles. The van der Waals surface area contributed by atoms with E-state index >= 15 is 0 Å². The lowest BCUT2D eigenvalue weighted by molar-refractivity contribution is -0.189. The molecule has 6 nitrogen and oxygen atoms in total. The summed E-state index contributed by atoms with van der Waals surface area (Å²) in [4.78, 5) is 10.8. The molecule has 1 saturated heterocycles. The zero-order valence-electron chi connectivity index (χ0n) is 9.10. The van der Waals surface area contributed by atoms with Crippen molar-refractivity contribution in [3.8, 4) is 0 Å². The third kappa shape index (κ3) is 3.11. The molecular formula is C10H16NO5S. The molecule has 0 aromatic heterocycles. The Labute approximate surface area is 103 Å². The van der Waals surface area contributed by atoms with Crippen LogP contribution in [0, 0.1) is 12.3 Å². The van der Waals surface area contributed by atoms with Gasteiger partial charge in [-0.25, -0.2) is 0 Å². The van der Waals surface area contributed by atoms with Crippen LogP contribution in [0.25, 0.3) is 0 Å². The van der Waals surface area contributed by atoms with E-state index in [2.05, 4.69) is 0 Å². The molecule has 5 N–H and O–H groups in total. The third-order valence-corrected chi connectivity index (χ3v) is 3.78. The number of hydrogen-bond acceptors (Lipinski definition) is 6. The molecule has 1 radical (unpaired) electrons. The van der Waals surface area contributed by atoms with E-state index < -0.39 is 35.1 Å². The van der Waals surface area contributed by atoms with Crippen LogP contribution in [0.1, 0.15) is 12.8 Å². The Kier molecular flexibility index (Phi) is 3.94. The highest BCUT2D eigenvalue weighted by Gasteiger charge is 2.46. The van der Waals surface area contributed by atoms with Gasteiger partial charge in [0.05, 0.1) is 6.10 Å². The highest BCUT2D eigenvalue weighted by Crippen LogP contribution is 2.37. The van der Waals surface area contributed by atoms with Crippen molar-refractivity contribution in [3.63, 3.8) is 0 Å². The van der Waals surface area contributed by atoms with E-state index in [1.165, 1.54) is 0 Å². The summed E-state index contributed by atoms with van der Waals surface area (Å²) < 4.78 is 5.39. The van der Waals surface area contributed by atoms with Crippen molar-refractivity contribution in [2.45, 2.75) is 42.7 Å². The Hall–Kier alpha value is -0.340. The summed E-state index contributed by atoms with van der Waals surface area (Å²) in [6, 6.07) is 0. The first kappa shape index (κ1) is 13.1. The molecule has 0 spiro atoms. The van der Waals surface area contributed by atoms with Crippen LogP contribution in [0.5, 0.6) is 0 Å². The van der Waals surface area contributed by atoms with E-state index in [1.54, 1.807) is 0 Å². The topological polar surface area (TPSA) is 113 Å². The maximum absolute atomic E-state index is 10.8. The number of ether oxygens (including phenoxy) is 1. The fourth-order valence-corrected chi connectivity index (χ4v) is 2.51. The summed E-state index contributed by atoms with van der Waals surface area (Å²) >= 11 is 0.616. The van der Waals surface area contributed by atoms with Gasteiger partial charge < -0.3 is 25.8 Å². The van der Waals surface area contributed by atoms with Gasteiger partial charge in [-0.3, -0.25) is 4.79 Å². The maximum Gasteiger partial charge on any atom is 0.279 e. The van der Waals surface area contributed by atoms with E-state index in [0.717, 1.165) is 12.8 Å². The number of thioether (sulfide) groups is 1. The second-order valence-corrected chi connectivity index (χ2v) is 5.51. The van der Waals surface area contributed by atoms with Crippen molar-refractivity contribution >= 4 is 17.0 Å². The number of nitrogens with two attached hydrogens (primary N) is 1. The molecule has 97 valence electrons. The number of carbonyl (C=O) groups excluding carboxylic acids is 1. The first-order valence-electron chi connectivity index (χ1n) is 5.50. The van der Waals surface area contributed by atoms with Gasteiger partial charge in [0.2, 0.25) is 0 Å². The van der Waals surface area contributed by atoms with Gasteiger partial charge in [0.15, 0.2) is 0 Å². The van der Waals surface area contributed by atoms with Crippen molar-refractivity contribution in [1.82, 2.24) is 0 Å². The standard InChI is InChI=1S/C10H16NO5S/c11-10(15)17-9-8(14)7(13)6(12)5(16-9)3-4-1-2-4/h3-9,12-14H,1-2H2,(H2,11,15). The van der Waals surface area contributed by atoms with E-state index in [4.69, 9.17) is 10.5 Å². The Morgan fingerprint density at radius 2 is 1.88 bits per heavy atom. The van der Waals surface area contributed by atoms with Crippen LogP contribution in [0.3, 0.4) is 0 Å². The Balaban J connectivity index is 1.99. The highest BCUT2D eigenvalue weighted by atomic mass is 32.2. The number of rotatable bonds is 3. The predicted molar refractivity (Wildman–Crippen MR) is 60.9 cm³/mol. The molecule has 0 bridgehead atoms. The Bertz CT molecular complexity index is 298. The van der Waals surface area contributed by atoms with Crippen LogP contribution < -0.4 is 5.73 Å². The molecule has 0 aromatic carbocycles. The molecule has 0 aromatic rings. The summed E-state index contributed by atoms with van der Waals surface area (Å²) in [5, 5.41) is 28.4. The smallest absolute Gasteiger partial charge is 0.279 e. The van der Waals surface area contributed by atoms with E-state index in [1.807, 2.05) is 6.42 Å². The lowest BCUT2D eigenvalue weighted by Gasteiger charge is -2.39. The minimum absolute atomic E-state index is 0.385. The largest absolute Gasteiger partial charge is 0.388 e. The monoisotopic (exact) mass is 262 g/mol. The number of primary amides is 1. The summed E-state index contributed by atoms with van der Waals surface area (Å²) in [6.07, 6.45) is -0.605. The molecule has 1 amide bonds. The van der Waals surface area contributed by atoms with Gasteiger partial charge in [0.25, 0.3) is 5.24 Å². The fraction of sp³-hybridized carbons (Fsp3) is 0.800. The molecular weight excluding hydrogens is 246 g/mol. The zero-order valence-corrected chi connectivity index (χ0v) is 9.92. The van der Waals surface area contributed by atoms with E-state index in [0.29, 0.717) is 17.7 Å². The first-order valence-corrected chi connectivity index (χ1v) is 6.37. The third-order valence-electron chi connectivity index (χ3n) is 2.92. The van der Waals surface area contributed by atoms with Crippen molar-refractivity contribution in [2.24, 2.45) is 11.7 Å². The Morgan fingerprint density at radius 3 is 2.41 bits per heavy atom. The Morgan fingerprint density at radius 1 is 1.24 bits per heavy atom. The molecule has 2 aliphatic rings. The molecule has 2 rings (SSSR count). The lowest BCUT2D eigenvalue weighted by Crippen LogP contribution is -2.57. The molecule has 2 fully saturated rings. The highest BCUT2D eigenvalue weighted by molar-refractivity contribution is 8.13. The number of hydrogen-bond donors (Lipinski definition) is 4. The van der Waals surface area contributed by atoms with Crippen LogP contribution in [0.2, 0.25) is 0 Å². The van der Waals surface area contributed by atoms with Crippen LogP contribution in [-0.2, 0) is 4.74 Å². The number of amides is 1.